The Bertz CT molecular complexity index is 687. The predicted octanol–water partition coefficient (Wildman–Crippen LogP) is 4.43. The molecule has 3 heteroatoms. The lowest BCUT2D eigenvalue weighted by Crippen LogP contribution is -2.12. The van der Waals surface area contributed by atoms with Gasteiger partial charge in [0.25, 0.3) is 0 Å². The summed E-state index contributed by atoms with van der Waals surface area (Å²) in [6.07, 6.45) is 2.26. The number of hydrogen-bond donors (Lipinski definition) is 1. The number of aromatic nitrogens is 1. The summed E-state index contributed by atoms with van der Waals surface area (Å²) in [7, 11) is 0. The molecule has 0 amide bonds. The van der Waals surface area contributed by atoms with Crippen molar-refractivity contribution < 1.29 is 4.42 Å². The largest absolute Gasteiger partial charge is 0.438 e. The average molecular weight is 290 g/mol. The summed E-state index contributed by atoms with van der Waals surface area (Å²) in [5.74, 6) is 1.66. The fourth-order valence-corrected chi connectivity index (χ4v) is 2.96. The van der Waals surface area contributed by atoms with Crippen LogP contribution in [-0.2, 0) is 0 Å². The van der Waals surface area contributed by atoms with Crippen LogP contribution in [0.4, 0.5) is 0 Å². The molecule has 1 aromatic heterocycles. The Morgan fingerprint density at radius 1 is 0.909 bits per heavy atom. The Morgan fingerprint density at radius 3 is 2.23 bits per heavy atom. The minimum absolute atomic E-state index is 0.236. The zero-order valence-corrected chi connectivity index (χ0v) is 12.3. The Hall–Kier alpha value is -2.39. The van der Waals surface area contributed by atoms with Gasteiger partial charge in [-0.3, -0.25) is 0 Å². The van der Waals surface area contributed by atoms with E-state index in [1.54, 1.807) is 0 Å². The highest BCUT2D eigenvalue weighted by atomic mass is 16.4. The van der Waals surface area contributed by atoms with Crippen molar-refractivity contribution in [3.05, 3.63) is 66.6 Å². The summed E-state index contributed by atoms with van der Waals surface area (Å²) in [4.78, 5) is 4.81. The Kier molecular flexibility index (Phi) is 3.49. The monoisotopic (exact) mass is 290 g/mol. The lowest BCUT2D eigenvalue weighted by Gasteiger charge is -2.03. The van der Waals surface area contributed by atoms with Gasteiger partial charge in [-0.15, -0.1) is 0 Å². The van der Waals surface area contributed by atoms with Crippen LogP contribution in [0.5, 0.6) is 0 Å². The van der Waals surface area contributed by atoms with E-state index in [0.29, 0.717) is 0 Å². The summed E-state index contributed by atoms with van der Waals surface area (Å²) in [6, 6.07) is 20.7. The van der Waals surface area contributed by atoms with Crippen LogP contribution < -0.4 is 5.32 Å². The van der Waals surface area contributed by atoms with E-state index in [1.807, 2.05) is 36.4 Å². The quantitative estimate of drug-likeness (QED) is 0.775. The minimum atomic E-state index is 0.236. The van der Waals surface area contributed by atoms with E-state index in [1.165, 1.54) is 6.42 Å². The highest BCUT2D eigenvalue weighted by Crippen LogP contribution is 2.35. The number of benzene rings is 2. The molecule has 3 nitrogen and oxygen atoms in total. The summed E-state index contributed by atoms with van der Waals surface area (Å²) in [5, 5.41) is 3.46. The van der Waals surface area contributed by atoms with Crippen molar-refractivity contribution in [2.24, 2.45) is 0 Å². The fourth-order valence-electron chi connectivity index (χ4n) is 2.96. The maximum absolute atomic E-state index is 6.17. The topological polar surface area (TPSA) is 38.1 Å². The van der Waals surface area contributed by atoms with Gasteiger partial charge in [-0.05, 0) is 19.4 Å². The molecule has 4 rings (SSSR count). The molecule has 1 aliphatic rings. The van der Waals surface area contributed by atoms with Crippen molar-refractivity contribution in [3.8, 4) is 22.6 Å². The molecule has 2 heterocycles. The van der Waals surface area contributed by atoms with Crippen molar-refractivity contribution in [1.82, 2.24) is 10.3 Å². The van der Waals surface area contributed by atoms with Crippen molar-refractivity contribution in [2.45, 2.75) is 18.9 Å². The van der Waals surface area contributed by atoms with Gasteiger partial charge in [0.05, 0.1) is 6.04 Å². The molecule has 1 atom stereocenters. The second-order valence-corrected chi connectivity index (χ2v) is 5.61. The van der Waals surface area contributed by atoms with E-state index in [9.17, 15) is 0 Å². The number of hydrogen-bond acceptors (Lipinski definition) is 3. The normalized spacial score (nSPS) is 17.7. The van der Waals surface area contributed by atoms with E-state index in [2.05, 4.69) is 29.6 Å². The SMILES string of the molecule is c1ccc(-c2nc(C3CCCN3)oc2-c2ccccc2)cc1. The smallest absolute Gasteiger partial charge is 0.212 e. The third-order valence-electron chi connectivity index (χ3n) is 4.09. The standard InChI is InChI=1S/C19H18N2O/c1-3-8-14(9-4-1)17-18(15-10-5-2-6-11-15)22-19(21-17)16-12-7-13-20-16/h1-6,8-11,16,20H,7,12-13H2. The van der Waals surface area contributed by atoms with E-state index >= 15 is 0 Å². The molecule has 22 heavy (non-hydrogen) atoms. The van der Waals surface area contributed by atoms with Crippen LogP contribution in [0.2, 0.25) is 0 Å². The van der Waals surface area contributed by atoms with Gasteiger partial charge in [-0.2, -0.15) is 0 Å². The highest BCUT2D eigenvalue weighted by Gasteiger charge is 2.24. The van der Waals surface area contributed by atoms with Crippen LogP contribution in [0.1, 0.15) is 24.8 Å². The minimum Gasteiger partial charge on any atom is -0.438 e. The third-order valence-corrected chi connectivity index (χ3v) is 4.09. The molecular weight excluding hydrogens is 272 g/mol. The van der Waals surface area contributed by atoms with Gasteiger partial charge in [0.15, 0.2) is 5.76 Å². The van der Waals surface area contributed by atoms with E-state index in [4.69, 9.17) is 9.40 Å². The number of oxazole rings is 1. The highest BCUT2D eigenvalue weighted by molar-refractivity contribution is 5.76. The maximum atomic E-state index is 6.17. The first-order valence-electron chi connectivity index (χ1n) is 7.77. The molecule has 1 aliphatic heterocycles. The summed E-state index contributed by atoms with van der Waals surface area (Å²) in [5.41, 5.74) is 3.09. The van der Waals surface area contributed by atoms with Gasteiger partial charge in [0, 0.05) is 11.1 Å². The van der Waals surface area contributed by atoms with Gasteiger partial charge in [-0.1, -0.05) is 60.7 Å². The molecule has 1 saturated heterocycles. The van der Waals surface area contributed by atoms with Gasteiger partial charge < -0.3 is 9.73 Å². The fraction of sp³-hybridized carbons (Fsp3) is 0.211. The van der Waals surface area contributed by atoms with Gasteiger partial charge in [-0.25, -0.2) is 4.98 Å². The van der Waals surface area contributed by atoms with Crippen LogP contribution in [0.25, 0.3) is 22.6 Å². The van der Waals surface area contributed by atoms with Crippen molar-refractivity contribution in [1.29, 1.82) is 0 Å². The summed E-state index contributed by atoms with van der Waals surface area (Å²) in [6.45, 7) is 1.04. The van der Waals surface area contributed by atoms with Crippen LogP contribution in [0.15, 0.2) is 65.1 Å². The van der Waals surface area contributed by atoms with Crippen molar-refractivity contribution in [3.63, 3.8) is 0 Å². The molecule has 3 aromatic rings. The van der Waals surface area contributed by atoms with Crippen molar-refractivity contribution >= 4 is 0 Å². The van der Waals surface area contributed by atoms with Gasteiger partial charge in [0.1, 0.15) is 5.69 Å². The number of nitrogens with one attached hydrogen (secondary N) is 1. The second kappa shape index (κ2) is 5.78. The molecule has 1 unspecified atom stereocenters. The lowest BCUT2D eigenvalue weighted by atomic mass is 10.1. The molecule has 0 aliphatic carbocycles. The molecule has 0 radical (unpaired) electrons. The Morgan fingerprint density at radius 2 is 1.59 bits per heavy atom. The number of nitrogens with zero attached hydrogens (tertiary/aromatic N) is 1. The van der Waals surface area contributed by atoms with Crippen molar-refractivity contribution in [2.75, 3.05) is 6.54 Å². The maximum Gasteiger partial charge on any atom is 0.212 e. The zero-order chi connectivity index (χ0) is 14.8. The number of rotatable bonds is 3. The molecule has 2 aromatic carbocycles. The summed E-state index contributed by atoms with van der Waals surface area (Å²) < 4.78 is 6.17. The second-order valence-electron chi connectivity index (χ2n) is 5.61. The molecule has 1 N–H and O–H groups in total. The molecule has 0 saturated carbocycles. The van der Waals surface area contributed by atoms with Crippen LogP contribution in [0, 0.1) is 0 Å². The zero-order valence-electron chi connectivity index (χ0n) is 12.3. The van der Waals surface area contributed by atoms with E-state index in [-0.39, 0.29) is 6.04 Å². The molecule has 0 bridgehead atoms. The third kappa shape index (κ3) is 2.44. The van der Waals surface area contributed by atoms with Gasteiger partial charge in [0.2, 0.25) is 5.89 Å². The van der Waals surface area contributed by atoms with E-state index < -0.39 is 0 Å². The molecule has 1 fully saturated rings. The first-order valence-corrected chi connectivity index (χ1v) is 7.77. The first-order chi connectivity index (χ1) is 10.9. The average Bonchev–Trinajstić information content (AvgIpc) is 3.26. The molecular formula is C19H18N2O. The Labute approximate surface area is 130 Å². The van der Waals surface area contributed by atoms with Gasteiger partial charge >= 0.3 is 0 Å². The van der Waals surface area contributed by atoms with Crippen LogP contribution in [0.3, 0.4) is 0 Å². The summed E-state index contributed by atoms with van der Waals surface area (Å²) >= 11 is 0. The van der Waals surface area contributed by atoms with Crippen LogP contribution in [-0.4, -0.2) is 11.5 Å². The van der Waals surface area contributed by atoms with Crippen LogP contribution >= 0.6 is 0 Å². The first kappa shape index (κ1) is 13.3. The molecule has 0 spiro atoms. The predicted molar refractivity (Wildman–Crippen MR) is 87.4 cm³/mol. The Balaban J connectivity index is 1.84. The van der Waals surface area contributed by atoms with E-state index in [0.717, 1.165) is 41.4 Å². The molecule has 110 valence electrons. The lowest BCUT2D eigenvalue weighted by molar-refractivity contribution is 0.437.